The summed E-state index contributed by atoms with van der Waals surface area (Å²) in [7, 11) is 1.59. The highest BCUT2D eigenvalue weighted by molar-refractivity contribution is 6.30. The predicted octanol–water partition coefficient (Wildman–Crippen LogP) is 6.73. The number of nitrogens with zero attached hydrogens (tertiary/aromatic N) is 1. The van der Waals surface area contributed by atoms with Crippen LogP contribution in [0.25, 0.3) is 0 Å². The van der Waals surface area contributed by atoms with Gasteiger partial charge in [0.15, 0.2) is 0 Å². The molecule has 0 aliphatic rings. The summed E-state index contributed by atoms with van der Waals surface area (Å²) in [5, 5.41) is 6.31. The number of aryl methyl sites for hydroxylation is 1. The lowest BCUT2D eigenvalue weighted by Gasteiger charge is -2.24. The van der Waals surface area contributed by atoms with Crippen molar-refractivity contribution in [2.24, 2.45) is 0 Å². The van der Waals surface area contributed by atoms with Crippen LogP contribution in [0.4, 0.5) is 27.5 Å². The smallest absolute Gasteiger partial charge is 0.326 e. The number of benzene rings is 4. The molecule has 0 aliphatic carbocycles. The Labute approximate surface area is 220 Å². The molecule has 3 amide bonds. The molecule has 0 saturated carbocycles. The first-order chi connectivity index (χ1) is 17.8. The maximum absolute atomic E-state index is 13.4. The molecular formula is C29H27ClN4O3. The van der Waals surface area contributed by atoms with Crippen molar-refractivity contribution >= 4 is 46.3 Å². The van der Waals surface area contributed by atoms with E-state index < -0.39 is 0 Å². The Hall–Kier alpha value is -4.49. The zero-order valence-electron chi connectivity index (χ0n) is 20.5. The van der Waals surface area contributed by atoms with E-state index in [4.69, 9.17) is 22.1 Å². The molecule has 4 aromatic rings. The summed E-state index contributed by atoms with van der Waals surface area (Å²) in [6.07, 6.45) is 0. The summed E-state index contributed by atoms with van der Waals surface area (Å²) < 4.78 is 5.47. The van der Waals surface area contributed by atoms with Crippen molar-refractivity contribution in [2.45, 2.75) is 13.5 Å². The average molecular weight is 515 g/mol. The molecule has 188 valence electrons. The van der Waals surface area contributed by atoms with Crippen molar-refractivity contribution in [3.8, 4) is 5.75 Å². The molecule has 0 bridgehead atoms. The van der Waals surface area contributed by atoms with Gasteiger partial charge in [0.05, 0.1) is 25.0 Å². The molecule has 37 heavy (non-hydrogen) atoms. The number of hydrogen-bond acceptors (Lipinski definition) is 4. The lowest BCUT2D eigenvalue weighted by molar-refractivity contribution is 0.102. The van der Waals surface area contributed by atoms with Crippen LogP contribution in [0.3, 0.4) is 0 Å². The molecule has 0 aromatic heterocycles. The number of carbonyl (C=O) groups is 2. The Morgan fingerprint density at radius 1 is 0.919 bits per heavy atom. The number of ether oxygens (including phenoxy) is 1. The van der Waals surface area contributed by atoms with Crippen molar-refractivity contribution in [3.63, 3.8) is 0 Å². The van der Waals surface area contributed by atoms with Gasteiger partial charge in [-0.3, -0.25) is 9.69 Å². The number of anilines is 4. The number of para-hydroxylation sites is 2. The number of nitrogen functional groups attached to an aromatic ring is 1. The third kappa shape index (κ3) is 6.39. The zero-order valence-corrected chi connectivity index (χ0v) is 21.3. The third-order valence-electron chi connectivity index (χ3n) is 5.81. The lowest BCUT2D eigenvalue weighted by Crippen LogP contribution is -2.34. The van der Waals surface area contributed by atoms with Gasteiger partial charge in [-0.25, -0.2) is 4.79 Å². The second-order valence-corrected chi connectivity index (χ2v) is 8.85. The molecule has 7 nitrogen and oxygen atoms in total. The highest BCUT2D eigenvalue weighted by Gasteiger charge is 2.19. The number of nitrogens with one attached hydrogen (secondary N) is 2. The first kappa shape index (κ1) is 25.6. The quantitative estimate of drug-likeness (QED) is 0.238. The fraction of sp³-hybridized carbons (Fsp3) is 0.103. The first-order valence-electron chi connectivity index (χ1n) is 11.6. The van der Waals surface area contributed by atoms with E-state index in [-0.39, 0.29) is 18.5 Å². The third-order valence-corrected chi connectivity index (χ3v) is 6.06. The van der Waals surface area contributed by atoms with Crippen molar-refractivity contribution < 1.29 is 14.3 Å². The highest BCUT2D eigenvalue weighted by atomic mass is 35.5. The van der Waals surface area contributed by atoms with Gasteiger partial charge >= 0.3 is 6.03 Å². The van der Waals surface area contributed by atoms with Crippen LogP contribution in [0.2, 0.25) is 5.02 Å². The number of hydrogen-bond donors (Lipinski definition) is 3. The maximum atomic E-state index is 13.4. The minimum absolute atomic E-state index is 0.263. The van der Waals surface area contributed by atoms with Crippen LogP contribution in [-0.4, -0.2) is 19.0 Å². The number of halogens is 1. The summed E-state index contributed by atoms with van der Waals surface area (Å²) in [5.41, 5.74) is 10.5. The topological polar surface area (TPSA) is 96.7 Å². The second-order valence-electron chi connectivity index (χ2n) is 8.42. The Morgan fingerprint density at radius 2 is 1.62 bits per heavy atom. The predicted molar refractivity (Wildman–Crippen MR) is 150 cm³/mol. The van der Waals surface area contributed by atoms with E-state index in [0.29, 0.717) is 39.1 Å². The molecule has 8 heteroatoms. The van der Waals surface area contributed by atoms with Gasteiger partial charge in [-0.2, -0.15) is 0 Å². The number of nitrogens with two attached hydrogens (primary N) is 1. The van der Waals surface area contributed by atoms with Crippen molar-refractivity contribution in [1.29, 1.82) is 0 Å². The lowest BCUT2D eigenvalue weighted by atomic mass is 10.1. The minimum atomic E-state index is -0.324. The molecule has 4 aromatic carbocycles. The Kier molecular flexibility index (Phi) is 7.95. The van der Waals surface area contributed by atoms with Crippen LogP contribution in [0.15, 0.2) is 91.0 Å². The molecule has 0 aliphatic heterocycles. The van der Waals surface area contributed by atoms with E-state index in [1.807, 2.05) is 37.3 Å². The molecule has 4 N–H and O–H groups in total. The van der Waals surface area contributed by atoms with Crippen molar-refractivity contribution in [3.05, 3.63) is 113 Å². The Bertz CT molecular complexity index is 1410. The SMILES string of the molecule is COc1cc(N(Cc2ccc(C(=O)Nc3ccccc3N)cc2)C(=O)Nc2ccc(Cl)cc2)ccc1C. The van der Waals surface area contributed by atoms with Crippen LogP contribution in [-0.2, 0) is 6.54 Å². The van der Waals surface area contributed by atoms with Crippen LogP contribution in [0.1, 0.15) is 21.5 Å². The fourth-order valence-corrected chi connectivity index (χ4v) is 3.86. The molecule has 0 spiro atoms. The van der Waals surface area contributed by atoms with Crippen LogP contribution in [0.5, 0.6) is 5.75 Å². The number of carbonyl (C=O) groups excluding carboxylic acids is 2. The average Bonchev–Trinajstić information content (AvgIpc) is 2.90. The molecule has 0 saturated heterocycles. The molecule has 0 radical (unpaired) electrons. The minimum Gasteiger partial charge on any atom is -0.496 e. The van der Waals surface area contributed by atoms with Gasteiger partial charge in [0.1, 0.15) is 5.75 Å². The van der Waals surface area contributed by atoms with E-state index in [9.17, 15) is 9.59 Å². The van der Waals surface area contributed by atoms with E-state index in [0.717, 1.165) is 11.1 Å². The van der Waals surface area contributed by atoms with Gasteiger partial charge in [0.25, 0.3) is 5.91 Å². The number of methoxy groups -OCH3 is 1. The normalized spacial score (nSPS) is 10.5. The monoisotopic (exact) mass is 514 g/mol. The van der Waals surface area contributed by atoms with Crippen molar-refractivity contribution in [2.75, 3.05) is 28.4 Å². The zero-order chi connectivity index (χ0) is 26.4. The summed E-state index contributed by atoms with van der Waals surface area (Å²) in [4.78, 5) is 27.7. The summed E-state index contributed by atoms with van der Waals surface area (Å²) in [5.74, 6) is 0.402. The molecule has 0 fully saturated rings. The first-order valence-corrected chi connectivity index (χ1v) is 12.0. The maximum Gasteiger partial charge on any atom is 0.326 e. The molecule has 0 heterocycles. The summed E-state index contributed by atoms with van der Waals surface area (Å²) in [6, 6.07) is 26.3. The van der Waals surface area contributed by atoms with Crippen LogP contribution < -0.4 is 26.0 Å². The van der Waals surface area contributed by atoms with Gasteiger partial charge in [-0.1, -0.05) is 41.9 Å². The number of rotatable bonds is 7. The Balaban J connectivity index is 1.56. The van der Waals surface area contributed by atoms with E-state index in [1.165, 1.54) is 0 Å². The number of urea groups is 1. The Morgan fingerprint density at radius 3 is 2.30 bits per heavy atom. The molecular weight excluding hydrogens is 488 g/mol. The highest BCUT2D eigenvalue weighted by Crippen LogP contribution is 2.27. The van der Waals surface area contributed by atoms with Gasteiger partial charge in [-0.05, 0) is 72.6 Å². The van der Waals surface area contributed by atoms with E-state index >= 15 is 0 Å². The van der Waals surface area contributed by atoms with Gasteiger partial charge in [0, 0.05) is 28.0 Å². The van der Waals surface area contributed by atoms with Crippen molar-refractivity contribution in [1.82, 2.24) is 0 Å². The summed E-state index contributed by atoms with van der Waals surface area (Å²) in [6.45, 7) is 2.20. The fourth-order valence-electron chi connectivity index (χ4n) is 3.73. The molecule has 0 atom stereocenters. The molecule has 4 rings (SSSR count). The second kappa shape index (κ2) is 11.5. The van der Waals surface area contributed by atoms with Crippen LogP contribution in [0, 0.1) is 6.92 Å². The van der Waals surface area contributed by atoms with Gasteiger partial charge in [0.2, 0.25) is 0 Å². The van der Waals surface area contributed by atoms with Gasteiger partial charge in [-0.15, -0.1) is 0 Å². The van der Waals surface area contributed by atoms with E-state index in [1.54, 1.807) is 72.7 Å². The van der Waals surface area contributed by atoms with E-state index in [2.05, 4.69) is 10.6 Å². The van der Waals surface area contributed by atoms with Gasteiger partial charge < -0.3 is 21.1 Å². The number of amides is 3. The molecule has 0 unspecified atom stereocenters. The standard InChI is InChI=1S/C29H27ClN4O3/c1-19-7-16-24(17-27(19)37-2)34(29(36)32-23-14-12-22(30)13-15-23)18-20-8-10-21(11-9-20)28(35)33-26-6-4-3-5-25(26)31/h3-17H,18,31H2,1-2H3,(H,32,36)(H,33,35). The summed E-state index contributed by atoms with van der Waals surface area (Å²) >= 11 is 5.98. The largest absolute Gasteiger partial charge is 0.496 e. The van der Waals surface area contributed by atoms with Crippen LogP contribution >= 0.6 is 11.6 Å².